The van der Waals surface area contributed by atoms with Gasteiger partial charge < -0.3 is 10.1 Å². The number of hydrogen-bond acceptors (Lipinski definition) is 3. The Bertz CT molecular complexity index is 440. The number of hydrogen-bond donors (Lipinski definition) is 1. The van der Waals surface area contributed by atoms with Crippen molar-refractivity contribution < 1.29 is 9.53 Å². The van der Waals surface area contributed by atoms with E-state index in [1.165, 1.54) is 18.4 Å². The van der Waals surface area contributed by atoms with Crippen molar-refractivity contribution in [3.05, 3.63) is 29.8 Å². The SMILES string of the molecule is CCNC(=O)[C@H](C)N(Cc1ccc(OC)cc1)C1CC1. The monoisotopic (exact) mass is 276 g/mol. The van der Waals surface area contributed by atoms with E-state index in [1.54, 1.807) is 7.11 Å². The molecule has 1 aromatic carbocycles. The Balaban J connectivity index is 2.03. The van der Waals surface area contributed by atoms with Crippen LogP contribution < -0.4 is 10.1 Å². The molecule has 4 heteroatoms. The lowest BCUT2D eigenvalue weighted by molar-refractivity contribution is -0.126. The summed E-state index contributed by atoms with van der Waals surface area (Å²) in [6.45, 7) is 5.44. The second-order valence-electron chi connectivity index (χ2n) is 5.32. The molecule has 1 atom stereocenters. The topological polar surface area (TPSA) is 41.6 Å². The molecule has 0 unspecified atom stereocenters. The number of likely N-dealkylation sites (N-methyl/N-ethyl adjacent to an activating group) is 1. The molecule has 1 fully saturated rings. The fraction of sp³-hybridized carbons (Fsp3) is 0.562. The fourth-order valence-electron chi connectivity index (χ4n) is 2.40. The van der Waals surface area contributed by atoms with E-state index in [1.807, 2.05) is 26.0 Å². The van der Waals surface area contributed by atoms with E-state index in [0.717, 1.165) is 12.3 Å². The van der Waals surface area contributed by atoms with Gasteiger partial charge in [0.15, 0.2) is 0 Å². The van der Waals surface area contributed by atoms with Crippen LogP contribution in [0.5, 0.6) is 5.75 Å². The van der Waals surface area contributed by atoms with Crippen molar-refractivity contribution in [3.63, 3.8) is 0 Å². The second kappa shape index (κ2) is 6.75. The number of carbonyl (C=O) groups excluding carboxylic acids is 1. The summed E-state index contributed by atoms with van der Waals surface area (Å²) in [7, 11) is 1.67. The summed E-state index contributed by atoms with van der Waals surface area (Å²) in [5.74, 6) is 0.983. The van der Waals surface area contributed by atoms with Crippen molar-refractivity contribution in [1.82, 2.24) is 10.2 Å². The number of benzene rings is 1. The molecular formula is C16H24N2O2. The minimum absolute atomic E-state index is 0.0791. The number of nitrogens with one attached hydrogen (secondary N) is 1. The van der Waals surface area contributed by atoms with E-state index in [9.17, 15) is 4.79 Å². The smallest absolute Gasteiger partial charge is 0.237 e. The maximum Gasteiger partial charge on any atom is 0.237 e. The van der Waals surface area contributed by atoms with Crippen LogP contribution in [0, 0.1) is 0 Å². The molecule has 0 saturated heterocycles. The molecule has 0 radical (unpaired) electrons. The number of nitrogens with zero attached hydrogens (tertiary/aromatic N) is 1. The summed E-state index contributed by atoms with van der Waals surface area (Å²) in [6.07, 6.45) is 2.39. The van der Waals surface area contributed by atoms with Gasteiger partial charge in [-0.1, -0.05) is 12.1 Å². The number of rotatable bonds is 7. The second-order valence-corrected chi connectivity index (χ2v) is 5.32. The molecular weight excluding hydrogens is 252 g/mol. The first kappa shape index (κ1) is 14.9. The van der Waals surface area contributed by atoms with E-state index < -0.39 is 0 Å². The first-order valence-corrected chi connectivity index (χ1v) is 7.32. The Hall–Kier alpha value is -1.55. The van der Waals surface area contributed by atoms with Crippen molar-refractivity contribution in [1.29, 1.82) is 0 Å². The van der Waals surface area contributed by atoms with E-state index >= 15 is 0 Å². The van der Waals surface area contributed by atoms with E-state index in [0.29, 0.717) is 12.6 Å². The Morgan fingerprint density at radius 1 is 1.40 bits per heavy atom. The number of carbonyl (C=O) groups is 1. The van der Waals surface area contributed by atoms with Gasteiger partial charge in [0.25, 0.3) is 0 Å². The van der Waals surface area contributed by atoms with Crippen LogP contribution in [0.1, 0.15) is 32.3 Å². The van der Waals surface area contributed by atoms with Gasteiger partial charge in [0.2, 0.25) is 5.91 Å². The number of ether oxygens (including phenoxy) is 1. The zero-order valence-corrected chi connectivity index (χ0v) is 12.6. The van der Waals surface area contributed by atoms with Gasteiger partial charge in [-0.05, 0) is 44.4 Å². The maximum atomic E-state index is 12.0. The van der Waals surface area contributed by atoms with Gasteiger partial charge in [-0.25, -0.2) is 0 Å². The molecule has 1 saturated carbocycles. The summed E-state index contributed by atoms with van der Waals surface area (Å²) in [5.41, 5.74) is 1.22. The van der Waals surface area contributed by atoms with Crippen molar-refractivity contribution >= 4 is 5.91 Å². The predicted molar refractivity (Wildman–Crippen MR) is 79.7 cm³/mol. The zero-order valence-electron chi connectivity index (χ0n) is 12.6. The standard InChI is InChI=1S/C16H24N2O2/c1-4-17-16(19)12(2)18(14-7-8-14)11-13-5-9-15(20-3)10-6-13/h5-6,9-10,12,14H,4,7-8,11H2,1-3H3,(H,17,19)/t12-/m0/s1. The highest BCUT2D eigenvalue weighted by molar-refractivity contribution is 5.81. The third-order valence-corrected chi connectivity index (χ3v) is 3.77. The van der Waals surface area contributed by atoms with Crippen LogP contribution in [0.3, 0.4) is 0 Å². The van der Waals surface area contributed by atoms with Crippen LogP contribution in [0.25, 0.3) is 0 Å². The van der Waals surface area contributed by atoms with Crippen LogP contribution in [0.4, 0.5) is 0 Å². The highest BCUT2D eigenvalue weighted by atomic mass is 16.5. The maximum absolute atomic E-state index is 12.0. The van der Waals surface area contributed by atoms with Gasteiger partial charge in [0.1, 0.15) is 5.75 Å². The highest BCUT2D eigenvalue weighted by Gasteiger charge is 2.34. The van der Waals surface area contributed by atoms with Crippen LogP contribution in [0.15, 0.2) is 24.3 Å². The number of methoxy groups -OCH3 is 1. The summed E-state index contributed by atoms with van der Waals surface area (Å²) < 4.78 is 5.17. The Kier molecular flexibility index (Phi) is 5.01. The summed E-state index contributed by atoms with van der Waals surface area (Å²) in [5, 5.41) is 2.91. The molecule has 0 heterocycles. The summed E-state index contributed by atoms with van der Waals surface area (Å²) in [4.78, 5) is 14.3. The van der Waals surface area contributed by atoms with Crippen LogP contribution in [-0.4, -0.2) is 36.5 Å². The Morgan fingerprint density at radius 3 is 2.55 bits per heavy atom. The lowest BCUT2D eigenvalue weighted by Gasteiger charge is -2.28. The predicted octanol–water partition coefficient (Wildman–Crippen LogP) is 2.18. The molecule has 20 heavy (non-hydrogen) atoms. The minimum Gasteiger partial charge on any atom is -0.497 e. The van der Waals surface area contributed by atoms with Crippen LogP contribution >= 0.6 is 0 Å². The van der Waals surface area contributed by atoms with Gasteiger partial charge in [-0.3, -0.25) is 9.69 Å². The quantitative estimate of drug-likeness (QED) is 0.830. The normalized spacial score (nSPS) is 16.0. The third kappa shape index (κ3) is 3.73. The third-order valence-electron chi connectivity index (χ3n) is 3.77. The molecule has 0 spiro atoms. The molecule has 0 bridgehead atoms. The molecule has 0 aromatic heterocycles. The van der Waals surface area contributed by atoms with Crippen molar-refractivity contribution in [3.8, 4) is 5.75 Å². The van der Waals surface area contributed by atoms with Crippen molar-refractivity contribution in [2.45, 2.75) is 45.3 Å². The minimum atomic E-state index is -0.0791. The zero-order chi connectivity index (χ0) is 14.5. The van der Waals surface area contributed by atoms with Crippen LogP contribution in [0.2, 0.25) is 0 Å². The molecule has 4 nitrogen and oxygen atoms in total. The fourth-order valence-corrected chi connectivity index (χ4v) is 2.40. The van der Waals surface area contributed by atoms with Crippen molar-refractivity contribution in [2.75, 3.05) is 13.7 Å². The summed E-state index contributed by atoms with van der Waals surface area (Å²) >= 11 is 0. The number of amides is 1. The van der Waals surface area contributed by atoms with Gasteiger partial charge in [-0.15, -0.1) is 0 Å². The average Bonchev–Trinajstić information content (AvgIpc) is 3.29. The molecule has 1 amide bonds. The van der Waals surface area contributed by atoms with E-state index in [4.69, 9.17) is 4.74 Å². The Morgan fingerprint density at radius 2 is 2.05 bits per heavy atom. The van der Waals surface area contributed by atoms with Gasteiger partial charge >= 0.3 is 0 Å². The highest BCUT2D eigenvalue weighted by Crippen LogP contribution is 2.30. The van der Waals surface area contributed by atoms with E-state index in [2.05, 4.69) is 22.3 Å². The summed E-state index contributed by atoms with van der Waals surface area (Å²) in [6, 6.07) is 8.55. The molecule has 1 N–H and O–H groups in total. The van der Waals surface area contributed by atoms with Crippen LogP contribution in [-0.2, 0) is 11.3 Å². The average molecular weight is 276 g/mol. The molecule has 110 valence electrons. The molecule has 1 aliphatic carbocycles. The lowest BCUT2D eigenvalue weighted by atomic mass is 10.1. The van der Waals surface area contributed by atoms with E-state index in [-0.39, 0.29) is 11.9 Å². The molecule has 1 aromatic rings. The van der Waals surface area contributed by atoms with Gasteiger partial charge in [0.05, 0.1) is 13.2 Å². The van der Waals surface area contributed by atoms with Crippen molar-refractivity contribution in [2.24, 2.45) is 0 Å². The molecule has 0 aliphatic heterocycles. The van der Waals surface area contributed by atoms with Gasteiger partial charge in [0, 0.05) is 19.1 Å². The first-order chi connectivity index (χ1) is 9.65. The molecule has 2 rings (SSSR count). The van der Waals surface area contributed by atoms with Gasteiger partial charge in [-0.2, -0.15) is 0 Å². The Labute approximate surface area is 121 Å². The molecule has 1 aliphatic rings. The largest absolute Gasteiger partial charge is 0.497 e. The first-order valence-electron chi connectivity index (χ1n) is 7.32. The lowest BCUT2D eigenvalue weighted by Crippen LogP contribution is -2.45.